The fraction of sp³-hybridized carbons (Fsp3) is 0.111. The van der Waals surface area contributed by atoms with Gasteiger partial charge in [-0.05, 0) is 24.6 Å². The van der Waals surface area contributed by atoms with Crippen LogP contribution in [0.2, 0.25) is 0 Å². The first-order valence-electron chi connectivity index (χ1n) is 3.75. The molecule has 0 radical (unpaired) electrons. The predicted octanol–water partition coefficient (Wildman–Crippen LogP) is 2.05. The van der Waals surface area contributed by atoms with Crippen molar-refractivity contribution in [3.05, 3.63) is 34.5 Å². The molecule has 0 unspecified atom stereocenters. The Morgan fingerprint density at radius 2 is 2.00 bits per heavy atom. The minimum atomic E-state index is -3.81. The molecule has 1 aromatic rings. The van der Waals surface area contributed by atoms with Crippen molar-refractivity contribution in [2.45, 2.75) is 11.8 Å². The van der Waals surface area contributed by atoms with Gasteiger partial charge in [-0.25, -0.2) is 8.42 Å². The molecule has 0 saturated heterocycles. The Morgan fingerprint density at radius 3 is 2.69 bits per heavy atom. The number of hydrogen-bond acceptors (Lipinski definition) is 2. The SMILES string of the molecule is Cc1ccc2c(c1)C=C(F)S2(=O)=O. The third-order valence-corrected chi connectivity index (χ3v) is 3.56. The van der Waals surface area contributed by atoms with Crippen LogP contribution in [0.4, 0.5) is 4.39 Å². The number of fused-ring (bicyclic) bond motifs is 1. The minimum absolute atomic E-state index is 0.0654. The quantitative estimate of drug-likeness (QED) is 0.639. The van der Waals surface area contributed by atoms with E-state index < -0.39 is 15.0 Å². The number of halogens is 1. The lowest BCUT2D eigenvalue weighted by Crippen LogP contribution is -1.96. The molecule has 68 valence electrons. The Kier molecular flexibility index (Phi) is 1.57. The highest BCUT2D eigenvalue weighted by Gasteiger charge is 2.29. The van der Waals surface area contributed by atoms with E-state index in [4.69, 9.17) is 0 Å². The molecule has 0 fully saturated rings. The molecule has 4 heteroatoms. The van der Waals surface area contributed by atoms with E-state index in [1.165, 1.54) is 6.07 Å². The Labute approximate surface area is 75.6 Å². The number of aryl methyl sites for hydroxylation is 1. The molecule has 0 amide bonds. The molecule has 1 aliphatic heterocycles. The zero-order valence-electron chi connectivity index (χ0n) is 6.91. The van der Waals surface area contributed by atoms with Gasteiger partial charge >= 0.3 is 0 Å². The van der Waals surface area contributed by atoms with Crippen molar-refractivity contribution in [1.82, 2.24) is 0 Å². The van der Waals surface area contributed by atoms with Gasteiger partial charge in [0.1, 0.15) is 0 Å². The Morgan fingerprint density at radius 1 is 1.31 bits per heavy atom. The Bertz CT molecular complexity index is 500. The van der Waals surface area contributed by atoms with Crippen molar-refractivity contribution in [3.8, 4) is 0 Å². The summed E-state index contributed by atoms with van der Waals surface area (Å²) in [6.07, 6.45) is 1.05. The largest absolute Gasteiger partial charge is 0.233 e. The lowest BCUT2D eigenvalue weighted by atomic mass is 10.1. The van der Waals surface area contributed by atoms with Gasteiger partial charge in [-0.3, -0.25) is 0 Å². The normalized spacial score (nSPS) is 18.2. The molecule has 0 atom stereocenters. The zero-order valence-corrected chi connectivity index (χ0v) is 7.73. The van der Waals surface area contributed by atoms with Crippen molar-refractivity contribution in [3.63, 3.8) is 0 Å². The number of rotatable bonds is 0. The maximum atomic E-state index is 12.9. The van der Waals surface area contributed by atoms with Gasteiger partial charge in [0.2, 0.25) is 15.0 Å². The molecule has 0 saturated carbocycles. The summed E-state index contributed by atoms with van der Waals surface area (Å²) in [7, 11) is -3.81. The van der Waals surface area contributed by atoms with Crippen LogP contribution in [0.25, 0.3) is 6.08 Å². The van der Waals surface area contributed by atoms with Crippen molar-refractivity contribution in [2.75, 3.05) is 0 Å². The van der Waals surface area contributed by atoms with Crippen molar-refractivity contribution >= 4 is 15.9 Å². The lowest BCUT2D eigenvalue weighted by Gasteiger charge is -1.98. The van der Waals surface area contributed by atoms with Crippen LogP contribution < -0.4 is 0 Å². The molecular formula is C9H7FO2S. The van der Waals surface area contributed by atoms with Crippen molar-refractivity contribution in [2.24, 2.45) is 0 Å². The fourth-order valence-corrected chi connectivity index (χ4v) is 2.50. The topological polar surface area (TPSA) is 34.1 Å². The molecule has 1 heterocycles. The number of benzene rings is 1. The molecule has 1 aliphatic rings. The first-order valence-corrected chi connectivity index (χ1v) is 5.23. The summed E-state index contributed by atoms with van der Waals surface area (Å²) in [6.45, 7) is 1.83. The van der Waals surface area contributed by atoms with E-state index in [1.54, 1.807) is 12.1 Å². The summed E-state index contributed by atoms with van der Waals surface area (Å²) >= 11 is 0. The maximum absolute atomic E-state index is 12.9. The summed E-state index contributed by atoms with van der Waals surface area (Å²) in [5, 5.41) is -1.06. The number of hydrogen-bond donors (Lipinski definition) is 0. The molecule has 0 aliphatic carbocycles. The van der Waals surface area contributed by atoms with Gasteiger partial charge in [0, 0.05) is 0 Å². The highest BCUT2D eigenvalue weighted by atomic mass is 32.2. The fourth-order valence-electron chi connectivity index (χ4n) is 1.33. The van der Waals surface area contributed by atoms with Gasteiger partial charge < -0.3 is 0 Å². The second-order valence-corrected chi connectivity index (χ2v) is 4.83. The summed E-state index contributed by atoms with van der Waals surface area (Å²) in [6, 6.07) is 4.74. The van der Waals surface area contributed by atoms with E-state index in [2.05, 4.69) is 0 Å². The summed E-state index contributed by atoms with van der Waals surface area (Å²) in [5.41, 5.74) is 1.36. The van der Waals surface area contributed by atoms with Gasteiger partial charge in [-0.15, -0.1) is 0 Å². The second kappa shape index (κ2) is 2.42. The number of sulfone groups is 1. The molecule has 2 rings (SSSR count). The van der Waals surface area contributed by atoms with Gasteiger partial charge in [0.05, 0.1) is 4.90 Å². The van der Waals surface area contributed by atoms with Gasteiger partial charge in [0.15, 0.2) is 0 Å². The molecule has 0 N–H and O–H groups in total. The Hall–Kier alpha value is -1.16. The van der Waals surface area contributed by atoms with Crippen LogP contribution in [0.15, 0.2) is 28.3 Å². The average molecular weight is 198 g/mol. The highest BCUT2D eigenvalue weighted by Crippen LogP contribution is 2.33. The molecule has 1 aromatic carbocycles. The van der Waals surface area contributed by atoms with Gasteiger partial charge in [-0.1, -0.05) is 17.7 Å². The lowest BCUT2D eigenvalue weighted by molar-refractivity contribution is 0.582. The predicted molar refractivity (Wildman–Crippen MR) is 47.4 cm³/mol. The molecular weight excluding hydrogens is 191 g/mol. The van der Waals surface area contributed by atoms with Crippen LogP contribution in [0.3, 0.4) is 0 Å². The standard InChI is InChI=1S/C9H7FO2S/c1-6-2-3-8-7(4-6)5-9(10)13(8,11)12/h2-5H,1H3. The van der Waals surface area contributed by atoms with E-state index in [-0.39, 0.29) is 4.90 Å². The second-order valence-electron chi connectivity index (χ2n) is 2.99. The van der Waals surface area contributed by atoms with E-state index in [0.29, 0.717) is 5.56 Å². The average Bonchev–Trinajstić information content (AvgIpc) is 2.23. The van der Waals surface area contributed by atoms with Gasteiger partial charge in [0.25, 0.3) is 0 Å². The van der Waals surface area contributed by atoms with Gasteiger partial charge in [-0.2, -0.15) is 4.39 Å². The molecule has 0 bridgehead atoms. The van der Waals surface area contributed by atoms with Crippen LogP contribution >= 0.6 is 0 Å². The van der Waals surface area contributed by atoms with Crippen LogP contribution in [0.5, 0.6) is 0 Å². The third-order valence-electron chi connectivity index (χ3n) is 1.98. The zero-order chi connectivity index (χ0) is 9.64. The van der Waals surface area contributed by atoms with Crippen LogP contribution in [0.1, 0.15) is 11.1 Å². The highest BCUT2D eigenvalue weighted by molar-refractivity contribution is 7.95. The van der Waals surface area contributed by atoms with Crippen LogP contribution in [-0.4, -0.2) is 8.42 Å². The van der Waals surface area contributed by atoms with Crippen molar-refractivity contribution < 1.29 is 12.8 Å². The monoisotopic (exact) mass is 198 g/mol. The summed E-state index contributed by atoms with van der Waals surface area (Å²) in [4.78, 5) is 0.0654. The Balaban J connectivity index is 2.80. The smallest absolute Gasteiger partial charge is 0.216 e. The summed E-state index contributed by atoms with van der Waals surface area (Å²) < 4.78 is 35.4. The maximum Gasteiger partial charge on any atom is 0.233 e. The first kappa shape index (κ1) is 8.44. The third kappa shape index (κ3) is 1.09. The first-order chi connectivity index (χ1) is 6.01. The molecule has 0 spiro atoms. The molecule has 13 heavy (non-hydrogen) atoms. The summed E-state index contributed by atoms with van der Waals surface area (Å²) in [5.74, 6) is 0. The minimum Gasteiger partial charge on any atom is -0.216 e. The molecule has 0 aromatic heterocycles. The van der Waals surface area contributed by atoms with E-state index in [0.717, 1.165) is 11.6 Å². The van der Waals surface area contributed by atoms with Crippen LogP contribution in [0, 0.1) is 6.92 Å². The van der Waals surface area contributed by atoms with E-state index in [1.807, 2.05) is 6.92 Å². The van der Waals surface area contributed by atoms with Crippen LogP contribution in [-0.2, 0) is 9.84 Å². The van der Waals surface area contributed by atoms with E-state index in [9.17, 15) is 12.8 Å². The van der Waals surface area contributed by atoms with Crippen molar-refractivity contribution in [1.29, 1.82) is 0 Å². The van der Waals surface area contributed by atoms with E-state index >= 15 is 0 Å². The molecule has 2 nitrogen and oxygen atoms in total.